The van der Waals surface area contributed by atoms with Crippen molar-refractivity contribution in [3.05, 3.63) is 47.8 Å². The van der Waals surface area contributed by atoms with Crippen LogP contribution in [0, 0.1) is 11.3 Å². The van der Waals surface area contributed by atoms with E-state index in [1.165, 1.54) is 0 Å². The van der Waals surface area contributed by atoms with Crippen LogP contribution in [0.5, 0.6) is 11.5 Å². The second-order valence-corrected chi connectivity index (χ2v) is 9.30. The lowest BCUT2D eigenvalue weighted by molar-refractivity contribution is -0.0396. The van der Waals surface area contributed by atoms with Crippen molar-refractivity contribution in [2.45, 2.75) is 58.3 Å². The molecule has 0 aliphatic carbocycles. The van der Waals surface area contributed by atoms with Crippen LogP contribution in [-0.2, 0) is 9.47 Å². The molecular weight excluding hydrogens is 420 g/mol. The summed E-state index contributed by atoms with van der Waals surface area (Å²) in [6.07, 6.45) is 7.21. The minimum absolute atomic E-state index is 0.137. The number of carbonyl (C=O) groups excluding carboxylic acids is 1. The van der Waals surface area contributed by atoms with Gasteiger partial charge in [-0.3, -0.25) is 0 Å². The summed E-state index contributed by atoms with van der Waals surface area (Å²) < 4.78 is 19.5. The van der Waals surface area contributed by atoms with Gasteiger partial charge >= 0.3 is 6.09 Å². The molecule has 0 spiro atoms. The van der Waals surface area contributed by atoms with Gasteiger partial charge in [0.25, 0.3) is 0 Å². The van der Waals surface area contributed by atoms with Crippen molar-refractivity contribution in [1.82, 2.24) is 14.7 Å². The summed E-state index contributed by atoms with van der Waals surface area (Å²) in [7, 11) is 0. The van der Waals surface area contributed by atoms with E-state index in [2.05, 4.69) is 12.1 Å². The third-order valence-electron chi connectivity index (χ3n) is 5.47. The number of nitriles is 1. The molecule has 0 saturated carbocycles. The van der Waals surface area contributed by atoms with Gasteiger partial charge < -0.3 is 19.1 Å². The summed E-state index contributed by atoms with van der Waals surface area (Å²) >= 11 is 0. The van der Waals surface area contributed by atoms with E-state index in [9.17, 15) is 4.79 Å². The Labute approximate surface area is 194 Å². The monoisotopic (exact) mass is 450 g/mol. The third kappa shape index (κ3) is 5.74. The zero-order valence-corrected chi connectivity index (χ0v) is 19.4. The number of amides is 1. The predicted octanol–water partition coefficient (Wildman–Crippen LogP) is 5.27. The summed E-state index contributed by atoms with van der Waals surface area (Å²) in [5, 5.41) is 13.9. The van der Waals surface area contributed by atoms with E-state index in [1.807, 2.05) is 31.6 Å². The Morgan fingerprint density at radius 1 is 1.24 bits per heavy atom. The number of carbonyl (C=O) groups is 1. The lowest BCUT2D eigenvalue weighted by Gasteiger charge is -2.30. The zero-order valence-electron chi connectivity index (χ0n) is 19.4. The Balaban J connectivity index is 1.60. The summed E-state index contributed by atoms with van der Waals surface area (Å²) in [6, 6.07) is 9.07. The standard InChI is InChI=1S/C25H30N4O4/c1-25(2,3)33-24(30)28-13-6-7-19(16-28)23-21(32-20-11-9-18(15-26)10-12-20)17-29(27-23)22-8-4-5-14-31-22/h7,9-12,17,22H,4-6,8,13-14,16H2,1-3H3. The molecule has 1 amide bonds. The van der Waals surface area contributed by atoms with Crippen molar-refractivity contribution in [3.8, 4) is 17.6 Å². The maximum Gasteiger partial charge on any atom is 0.410 e. The van der Waals surface area contributed by atoms with Gasteiger partial charge in [-0.15, -0.1) is 0 Å². The van der Waals surface area contributed by atoms with E-state index >= 15 is 0 Å². The molecular formula is C25H30N4O4. The highest BCUT2D eigenvalue weighted by Gasteiger charge is 2.28. The molecule has 2 aromatic rings. The molecule has 33 heavy (non-hydrogen) atoms. The molecule has 4 rings (SSSR count). The van der Waals surface area contributed by atoms with E-state index in [4.69, 9.17) is 24.6 Å². The number of aromatic nitrogens is 2. The topological polar surface area (TPSA) is 89.6 Å². The molecule has 1 aromatic heterocycles. The molecule has 2 aliphatic heterocycles. The van der Waals surface area contributed by atoms with Crippen LogP contribution in [0.3, 0.4) is 0 Å². The van der Waals surface area contributed by atoms with Gasteiger partial charge in [-0.05, 0) is 76.3 Å². The quantitative estimate of drug-likeness (QED) is 0.630. The number of rotatable bonds is 4. The van der Waals surface area contributed by atoms with Gasteiger partial charge in [0.15, 0.2) is 5.75 Å². The maximum absolute atomic E-state index is 12.7. The zero-order chi connectivity index (χ0) is 23.4. The highest BCUT2D eigenvalue weighted by atomic mass is 16.6. The Morgan fingerprint density at radius 2 is 2.03 bits per heavy atom. The Bertz CT molecular complexity index is 1050. The predicted molar refractivity (Wildman–Crippen MR) is 123 cm³/mol. The highest BCUT2D eigenvalue weighted by molar-refractivity contribution is 5.76. The molecule has 0 bridgehead atoms. The molecule has 174 valence electrons. The third-order valence-corrected chi connectivity index (χ3v) is 5.47. The molecule has 1 aromatic carbocycles. The van der Waals surface area contributed by atoms with Crippen LogP contribution in [0.1, 0.15) is 63.9 Å². The first-order valence-corrected chi connectivity index (χ1v) is 11.4. The van der Waals surface area contributed by atoms with Crippen molar-refractivity contribution in [2.75, 3.05) is 19.7 Å². The fourth-order valence-corrected chi connectivity index (χ4v) is 3.87. The fourth-order valence-electron chi connectivity index (χ4n) is 3.87. The van der Waals surface area contributed by atoms with Crippen molar-refractivity contribution in [3.63, 3.8) is 0 Å². The van der Waals surface area contributed by atoms with Crippen LogP contribution in [-0.4, -0.2) is 46.1 Å². The largest absolute Gasteiger partial charge is 0.453 e. The first-order chi connectivity index (χ1) is 15.8. The first-order valence-electron chi connectivity index (χ1n) is 11.4. The van der Waals surface area contributed by atoms with Gasteiger partial charge in [0.05, 0.1) is 24.4 Å². The highest BCUT2D eigenvalue weighted by Crippen LogP contribution is 2.34. The molecule has 0 radical (unpaired) electrons. The SMILES string of the molecule is CC(C)(C)OC(=O)N1CCC=C(c2nn(C3CCCCO3)cc2Oc2ccc(C#N)cc2)C1. The molecule has 2 aliphatic rings. The Hall–Kier alpha value is -3.31. The van der Waals surface area contributed by atoms with Crippen molar-refractivity contribution < 1.29 is 19.0 Å². The van der Waals surface area contributed by atoms with Gasteiger partial charge in [0.1, 0.15) is 23.3 Å². The van der Waals surface area contributed by atoms with Crippen molar-refractivity contribution >= 4 is 11.7 Å². The molecule has 8 heteroatoms. The fraction of sp³-hybridized carbons (Fsp3) is 0.480. The molecule has 1 fully saturated rings. The van der Waals surface area contributed by atoms with Crippen LogP contribution in [0.4, 0.5) is 4.79 Å². The summed E-state index contributed by atoms with van der Waals surface area (Å²) in [4.78, 5) is 14.3. The minimum atomic E-state index is -0.553. The average Bonchev–Trinajstić information content (AvgIpc) is 3.23. The second kappa shape index (κ2) is 9.67. The van der Waals surface area contributed by atoms with Crippen molar-refractivity contribution in [1.29, 1.82) is 5.26 Å². The number of nitrogens with zero attached hydrogens (tertiary/aromatic N) is 4. The van der Waals surface area contributed by atoms with E-state index in [0.717, 1.165) is 24.8 Å². The van der Waals surface area contributed by atoms with Crippen LogP contribution in [0.2, 0.25) is 0 Å². The maximum atomic E-state index is 12.7. The lowest BCUT2D eigenvalue weighted by Crippen LogP contribution is -2.39. The van der Waals surface area contributed by atoms with Gasteiger partial charge in [-0.25, -0.2) is 9.48 Å². The molecule has 0 N–H and O–H groups in total. The van der Waals surface area contributed by atoms with Crippen LogP contribution in [0.25, 0.3) is 5.57 Å². The van der Waals surface area contributed by atoms with Gasteiger partial charge in [0, 0.05) is 13.2 Å². The average molecular weight is 451 g/mol. The Kier molecular flexibility index (Phi) is 6.70. The van der Waals surface area contributed by atoms with E-state index in [1.54, 1.807) is 29.2 Å². The molecule has 8 nitrogen and oxygen atoms in total. The smallest absolute Gasteiger partial charge is 0.410 e. The van der Waals surface area contributed by atoms with Crippen LogP contribution >= 0.6 is 0 Å². The second-order valence-electron chi connectivity index (χ2n) is 9.30. The number of ether oxygens (including phenoxy) is 3. The first kappa shape index (κ1) is 22.9. The van der Waals surface area contributed by atoms with E-state index < -0.39 is 5.60 Å². The van der Waals surface area contributed by atoms with Crippen LogP contribution < -0.4 is 4.74 Å². The van der Waals surface area contributed by atoms with E-state index in [0.29, 0.717) is 48.9 Å². The molecule has 1 atom stereocenters. The van der Waals surface area contributed by atoms with Crippen LogP contribution in [0.15, 0.2) is 36.5 Å². The number of hydrogen-bond acceptors (Lipinski definition) is 6. The number of hydrogen-bond donors (Lipinski definition) is 0. The summed E-state index contributed by atoms with van der Waals surface area (Å²) in [5.74, 6) is 1.20. The summed E-state index contributed by atoms with van der Waals surface area (Å²) in [5.41, 5.74) is 1.60. The molecule has 1 saturated heterocycles. The van der Waals surface area contributed by atoms with E-state index in [-0.39, 0.29) is 12.3 Å². The molecule has 3 heterocycles. The van der Waals surface area contributed by atoms with Crippen molar-refractivity contribution in [2.24, 2.45) is 0 Å². The number of benzene rings is 1. The summed E-state index contributed by atoms with van der Waals surface area (Å²) in [6.45, 7) is 7.28. The lowest BCUT2D eigenvalue weighted by atomic mass is 10.1. The Morgan fingerprint density at radius 3 is 2.70 bits per heavy atom. The van der Waals surface area contributed by atoms with Gasteiger partial charge in [0.2, 0.25) is 0 Å². The molecule has 1 unspecified atom stereocenters. The van der Waals surface area contributed by atoms with Gasteiger partial charge in [-0.2, -0.15) is 10.4 Å². The normalized spacial score (nSPS) is 18.9. The van der Waals surface area contributed by atoms with Gasteiger partial charge in [-0.1, -0.05) is 6.08 Å². The minimum Gasteiger partial charge on any atom is -0.453 e.